The topological polar surface area (TPSA) is 17.8 Å². The molecule has 9 rings (SSSR count). The number of nitrogens with zero attached hydrogens (tertiary/aromatic N) is 2. The van der Waals surface area contributed by atoms with E-state index in [0.717, 1.165) is 33.7 Å². The zero-order chi connectivity index (χ0) is 29.0. The van der Waals surface area contributed by atoms with Gasteiger partial charge in [-0.1, -0.05) is 36.4 Å². The van der Waals surface area contributed by atoms with Gasteiger partial charge in [-0.3, -0.25) is 0 Å². The van der Waals surface area contributed by atoms with E-state index in [9.17, 15) is 0 Å². The Morgan fingerprint density at radius 2 is 1.11 bits per heavy atom. The van der Waals surface area contributed by atoms with Crippen LogP contribution in [0.3, 0.4) is 0 Å². The molecule has 0 aliphatic carbocycles. The molecule has 0 saturated heterocycles. The second-order valence-corrected chi connectivity index (χ2v) is 13.4. The summed E-state index contributed by atoms with van der Waals surface area (Å²) >= 11 is 0.293. The molecule has 0 saturated carbocycles. The Kier molecular flexibility index (Phi) is 5.87. The molecule has 0 fully saturated rings. The summed E-state index contributed by atoms with van der Waals surface area (Å²) in [5.41, 5.74) is 9.33. The van der Waals surface area contributed by atoms with Gasteiger partial charge in [-0.25, -0.2) is 0 Å². The molecule has 0 radical (unpaired) electrons. The second kappa shape index (κ2) is 10.2. The molecule has 6 aromatic carbocycles. The van der Waals surface area contributed by atoms with Crippen LogP contribution in [-0.4, -0.2) is 24.1 Å². The average molecular weight is 626 g/mol. The summed E-state index contributed by atoms with van der Waals surface area (Å²) in [4.78, 5) is 5.29. The SMILES string of the molecule is c1ccc(-c2cc(-c3ccccc3)nc(-n3c4ccccc4c4cc(-c5cccc6c5[se]c5ccccc56)ccc43)c2)cc1. The summed E-state index contributed by atoms with van der Waals surface area (Å²) in [7, 11) is 0. The summed E-state index contributed by atoms with van der Waals surface area (Å²) in [6, 6.07) is 56.9. The monoisotopic (exact) mass is 626 g/mol. The van der Waals surface area contributed by atoms with Gasteiger partial charge in [-0.05, 0) is 0 Å². The predicted octanol–water partition coefficient (Wildman–Crippen LogP) is 10.5. The van der Waals surface area contributed by atoms with Crippen LogP contribution < -0.4 is 0 Å². The molecule has 3 aromatic heterocycles. The van der Waals surface area contributed by atoms with E-state index in [0.29, 0.717) is 14.5 Å². The van der Waals surface area contributed by atoms with Gasteiger partial charge in [-0.15, -0.1) is 0 Å². The first-order valence-electron chi connectivity index (χ1n) is 14.9. The van der Waals surface area contributed by atoms with E-state index in [1.807, 2.05) is 0 Å². The molecule has 206 valence electrons. The number of rotatable bonds is 4. The number of pyridine rings is 1. The number of aromatic nitrogens is 2. The molecule has 0 N–H and O–H groups in total. The van der Waals surface area contributed by atoms with Crippen LogP contribution in [0.25, 0.3) is 80.4 Å². The molecule has 9 aromatic rings. The molecule has 3 heteroatoms. The predicted molar refractivity (Wildman–Crippen MR) is 187 cm³/mol. The molecule has 0 unspecified atom stereocenters. The Labute approximate surface area is 261 Å². The van der Waals surface area contributed by atoms with Gasteiger partial charge in [0.25, 0.3) is 0 Å². The standard InChI is InChI=1S/C41H26N2Se/c1-3-12-27(13-4-1)30-25-36(28-14-5-2-6-15-28)42-40(26-30)43-37-20-9-7-16-32(37)35-24-29(22-23-38(35)43)31-18-11-19-34-33-17-8-10-21-39(33)44-41(31)34/h1-26H. The fourth-order valence-electron chi connectivity index (χ4n) is 6.55. The molecule has 44 heavy (non-hydrogen) atoms. The molecule has 3 heterocycles. The van der Waals surface area contributed by atoms with Crippen molar-refractivity contribution in [2.75, 3.05) is 0 Å². The Balaban J connectivity index is 1.30. The van der Waals surface area contributed by atoms with Crippen LogP contribution in [0.4, 0.5) is 0 Å². The van der Waals surface area contributed by atoms with Gasteiger partial charge in [0.05, 0.1) is 0 Å². The average Bonchev–Trinajstić information content (AvgIpc) is 3.64. The smallest absolute Gasteiger partial charge is 0.0617 e. The van der Waals surface area contributed by atoms with Crippen LogP contribution in [0.5, 0.6) is 0 Å². The Bertz CT molecular complexity index is 2430. The van der Waals surface area contributed by atoms with Crippen molar-refractivity contribution in [3.05, 3.63) is 158 Å². The van der Waals surface area contributed by atoms with Crippen LogP contribution in [-0.2, 0) is 0 Å². The molecular weight excluding hydrogens is 599 g/mol. The summed E-state index contributed by atoms with van der Waals surface area (Å²) < 4.78 is 5.29. The number of hydrogen-bond donors (Lipinski definition) is 0. The minimum atomic E-state index is 0.293. The van der Waals surface area contributed by atoms with Gasteiger partial charge in [0.1, 0.15) is 0 Å². The normalized spacial score (nSPS) is 11.6. The van der Waals surface area contributed by atoms with Crippen molar-refractivity contribution in [1.82, 2.24) is 9.55 Å². The van der Waals surface area contributed by atoms with Crippen LogP contribution in [0.2, 0.25) is 0 Å². The quantitative estimate of drug-likeness (QED) is 0.178. The van der Waals surface area contributed by atoms with E-state index in [2.05, 4.69) is 162 Å². The zero-order valence-corrected chi connectivity index (χ0v) is 25.5. The first-order valence-corrected chi connectivity index (χ1v) is 16.6. The summed E-state index contributed by atoms with van der Waals surface area (Å²) in [5.74, 6) is 0.920. The second-order valence-electron chi connectivity index (χ2n) is 11.2. The van der Waals surface area contributed by atoms with Crippen molar-refractivity contribution < 1.29 is 0 Å². The molecule has 0 bridgehead atoms. The van der Waals surface area contributed by atoms with Crippen molar-refractivity contribution in [2.45, 2.75) is 0 Å². The fraction of sp³-hybridized carbons (Fsp3) is 0. The van der Waals surface area contributed by atoms with Gasteiger partial charge >= 0.3 is 226 Å². The van der Waals surface area contributed by atoms with Crippen LogP contribution in [0.1, 0.15) is 0 Å². The van der Waals surface area contributed by atoms with Crippen LogP contribution >= 0.6 is 0 Å². The van der Waals surface area contributed by atoms with Gasteiger partial charge in [0, 0.05) is 0 Å². The van der Waals surface area contributed by atoms with Gasteiger partial charge in [0.2, 0.25) is 0 Å². The third kappa shape index (κ3) is 4.06. The molecule has 0 amide bonds. The first-order chi connectivity index (χ1) is 21.8. The first kappa shape index (κ1) is 25.3. The number of fused-ring (bicyclic) bond motifs is 6. The van der Waals surface area contributed by atoms with E-state index in [-0.39, 0.29) is 0 Å². The van der Waals surface area contributed by atoms with Crippen molar-refractivity contribution in [2.24, 2.45) is 0 Å². The summed E-state index contributed by atoms with van der Waals surface area (Å²) in [6.07, 6.45) is 0. The maximum atomic E-state index is 5.29. The molecule has 2 nitrogen and oxygen atoms in total. The number of para-hydroxylation sites is 1. The van der Waals surface area contributed by atoms with E-state index in [1.54, 1.807) is 0 Å². The molecule has 0 aliphatic rings. The van der Waals surface area contributed by atoms with Crippen molar-refractivity contribution in [1.29, 1.82) is 0 Å². The minimum absolute atomic E-state index is 0.293. The molecular formula is C41H26N2Se. The van der Waals surface area contributed by atoms with Crippen molar-refractivity contribution >= 4 is 55.6 Å². The minimum Gasteiger partial charge on any atom is -0.0617 e. The van der Waals surface area contributed by atoms with Crippen molar-refractivity contribution in [3.63, 3.8) is 0 Å². The van der Waals surface area contributed by atoms with Gasteiger partial charge < -0.3 is 0 Å². The van der Waals surface area contributed by atoms with Gasteiger partial charge in [-0.2, -0.15) is 0 Å². The van der Waals surface area contributed by atoms with Crippen LogP contribution in [0, 0.1) is 0 Å². The fourth-order valence-corrected chi connectivity index (χ4v) is 9.14. The van der Waals surface area contributed by atoms with Crippen molar-refractivity contribution in [3.8, 4) is 39.3 Å². The van der Waals surface area contributed by atoms with Crippen LogP contribution in [0.15, 0.2) is 158 Å². The summed E-state index contributed by atoms with van der Waals surface area (Å²) in [5, 5.41) is 5.25. The maximum absolute atomic E-state index is 5.29. The number of hydrogen-bond acceptors (Lipinski definition) is 1. The Morgan fingerprint density at radius 1 is 0.432 bits per heavy atom. The summed E-state index contributed by atoms with van der Waals surface area (Å²) in [6.45, 7) is 0. The zero-order valence-electron chi connectivity index (χ0n) is 23.8. The third-order valence-electron chi connectivity index (χ3n) is 8.61. The van der Waals surface area contributed by atoms with E-state index < -0.39 is 0 Å². The third-order valence-corrected chi connectivity index (χ3v) is 11.2. The number of benzene rings is 6. The Morgan fingerprint density at radius 3 is 1.95 bits per heavy atom. The molecule has 0 aliphatic heterocycles. The van der Waals surface area contributed by atoms with Gasteiger partial charge in [0.15, 0.2) is 0 Å². The van der Waals surface area contributed by atoms with E-state index in [4.69, 9.17) is 4.98 Å². The molecule has 0 spiro atoms. The van der Waals surface area contributed by atoms with E-state index >= 15 is 0 Å². The Hall–Kier alpha value is -5.21. The molecule has 0 atom stereocenters. The van der Waals surface area contributed by atoms with E-state index in [1.165, 1.54) is 46.8 Å².